The van der Waals surface area contributed by atoms with Gasteiger partial charge in [0.05, 0.1) is 0 Å². The van der Waals surface area contributed by atoms with Crippen LogP contribution in [0, 0.1) is 11.8 Å². The summed E-state index contributed by atoms with van der Waals surface area (Å²) in [4.78, 5) is 23.0. The van der Waals surface area contributed by atoms with E-state index in [1.807, 2.05) is 13.8 Å². The summed E-state index contributed by atoms with van der Waals surface area (Å²) in [5, 5.41) is 3.01. The van der Waals surface area contributed by atoms with Crippen LogP contribution in [0.3, 0.4) is 0 Å². The molecule has 0 radical (unpaired) electrons. The molecular formula is C11H20N2O2S2. The number of nitrogens with two attached hydrogens (primary N) is 1. The summed E-state index contributed by atoms with van der Waals surface area (Å²) >= 11 is 0. The number of carbonyl (C=O) groups excluding carboxylic acids is 2. The maximum Gasteiger partial charge on any atom is 0.223 e. The van der Waals surface area contributed by atoms with Crippen LogP contribution in [0.25, 0.3) is 0 Å². The van der Waals surface area contributed by atoms with Crippen LogP contribution in [0.15, 0.2) is 0 Å². The Morgan fingerprint density at radius 2 is 2.00 bits per heavy atom. The smallest absolute Gasteiger partial charge is 0.223 e. The second kappa shape index (κ2) is 7.16. The van der Waals surface area contributed by atoms with Crippen LogP contribution >= 0.6 is 21.6 Å². The molecule has 0 spiro atoms. The van der Waals surface area contributed by atoms with Crippen molar-refractivity contribution in [3.63, 3.8) is 0 Å². The van der Waals surface area contributed by atoms with Crippen molar-refractivity contribution in [2.75, 3.05) is 11.5 Å². The number of rotatable bonds is 6. The van der Waals surface area contributed by atoms with Crippen LogP contribution in [0.2, 0.25) is 0 Å². The molecule has 1 fully saturated rings. The van der Waals surface area contributed by atoms with Crippen molar-refractivity contribution in [3.05, 3.63) is 0 Å². The maximum atomic E-state index is 11.9. The molecule has 2 amide bonds. The first-order valence-electron chi connectivity index (χ1n) is 5.88. The Morgan fingerprint density at radius 3 is 2.47 bits per heavy atom. The number of amides is 2. The predicted molar refractivity (Wildman–Crippen MR) is 73.6 cm³/mol. The number of hydrogen-bond donors (Lipinski definition) is 2. The Balaban J connectivity index is 2.37. The van der Waals surface area contributed by atoms with Gasteiger partial charge in [-0.3, -0.25) is 9.59 Å². The molecule has 0 bridgehead atoms. The van der Waals surface area contributed by atoms with Gasteiger partial charge in [-0.1, -0.05) is 35.4 Å². The van der Waals surface area contributed by atoms with Gasteiger partial charge in [0.1, 0.15) is 0 Å². The van der Waals surface area contributed by atoms with Crippen molar-refractivity contribution in [3.8, 4) is 0 Å². The first kappa shape index (κ1) is 14.7. The van der Waals surface area contributed by atoms with Gasteiger partial charge in [0.15, 0.2) is 0 Å². The Bertz CT molecular complexity index is 281. The summed E-state index contributed by atoms with van der Waals surface area (Å²) in [6.07, 6.45) is 1.24. The van der Waals surface area contributed by atoms with Gasteiger partial charge in [-0.2, -0.15) is 0 Å². The predicted octanol–water partition coefficient (Wildman–Crippen LogP) is 1.40. The van der Waals surface area contributed by atoms with E-state index in [0.29, 0.717) is 12.8 Å². The minimum absolute atomic E-state index is 0.0396. The van der Waals surface area contributed by atoms with Crippen LogP contribution in [-0.2, 0) is 9.59 Å². The highest BCUT2D eigenvalue weighted by Gasteiger charge is 2.24. The Morgan fingerprint density at radius 1 is 1.41 bits per heavy atom. The molecule has 0 saturated carbocycles. The zero-order valence-electron chi connectivity index (χ0n) is 10.3. The highest BCUT2D eigenvalue weighted by molar-refractivity contribution is 8.77. The minimum Gasteiger partial charge on any atom is -0.369 e. The van der Waals surface area contributed by atoms with Crippen LogP contribution in [-0.4, -0.2) is 29.4 Å². The minimum atomic E-state index is -0.306. The van der Waals surface area contributed by atoms with E-state index in [9.17, 15) is 9.59 Å². The van der Waals surface area contributed by atoms with Crippen molar-refractivity contribution in [2.45, 2.75) is 32.7 Å². The molecule has 0 aromatic carbocycles. The largest absolute Gasteiger partial charge is 0.369 e. The van der Waals surface area contributed by atoms with E-state index in [4.69, 9.17) is 5.73 Å². The molecule has 98 valence electrons. The van der Waals surface area contributed by atoms with E-state index in [1.54, 1.807) is 21.6 Å². The molecule has 2 unspecified atom stereocenters. The highest BCUT2D eigenvalue weighted by atomic mass is 33.1. The fourth-order valence-corrected chi connectivity index (χ4v) is 4.39. The molecule has 0 aliphatic carbocycles. The average Bonchev–Trinajstić information content (AvgIpc) is 2.77. The Labute approximate surface area is 110 Å². The van der Waals surface area contributed by atoms with E-state index >= 15 is 0 Å². The van der Waals surface area contributed by atoms with E-state index in [-0.39, 0.29) is 29.7 Å². The summed E-state index contributed by atoms with van der Waals surface area (Å²) in [6, 6.07) is 0.272. The van der Waals surface area contributed by atoms with E-state index in [1.165, 1.54) is 0 Å². The lowest BCUT2D eigenvalue weighted by Crippen LogP contribution is -2.40. The molecule has 1 aliphatic rings. The summed E-state index contributed by atoms with van der Waals surface area (Å²) < 4.78 is 0. The third kappa shape index (κ3) is 4.79. The average molecular weight is 276 g/mol. The number of nitrogens with one attached hydrogen (secondary N) is 1. The topological polar surface area (TPSA) is 72.2 Å². The van der Waals surface area contributed by atoms with Gasteiger partial charge in [-0.15, -0.1) is 0 Å². The summed E-state index contributed by atoms with van der Waals surface area (Å²) in [5.74, 6) is 1.33. The summed E-state index contributed by atoms with van der Waals surface area (Å²) in [7, 11) is 3.57. The molecule has 4 nitrogen and oxygen atoms in total. The molecule has 1 heterocycles. The number of primary amides is 1. The number of hydrogen-bond acceptors (Lipinski definition) is 4. The van der Waals surface area contributed by atoms with Crippen molar-refractivity contribution in [2.24, 2.45) is 17.6 Å². The van der Waals surface area contributed by atoms with Crippen molar-refractivity contribution >= 4 is 33.4 Å². The maximum absolute atomic E-state index is 11.9. The van der Waals surface area contributed by atoms with Crippen molar-refractivity contribution in [1.82, 2.24) is 5.32 Å². The Hall–Kier alpha value is -0.360. The highest BCUT2D eigenvalue weighted by Crippen LogP contribution is 2.30. The Kier molecular flexibility index (Phi) is 6.19. The molecule has 1 rings (SSSR count). The van der Waals surface area contributed by atoms with Gasteiger partial charge in [-0.05, 0) is 12.8 Å². The van der Waals surface area contributed by atoms with E-state index in [2.05, 4.69) is 5.32 Å². The lowest BCUT2D eigenvalue weighted by Gasteiger charge is -2.18. The first-order chi connectivity index (χ1) is 8.04. The summed E-state index contributed by atoms with van der Waals surface area (Å²) in [5.41, 5.74) is 5.28. The van der Waals surface area contributed by atoms with Gasteiger partial charge < -0.3 is 11.1 Å². The third-order valence-corrected chi connectivity index (χ3v) is 5.51. The molecule has 2 atom stereocenters. The normalized spacial score (nSPS) is 19.9. The van der Waals surface area contributed by atoms with E-state index < -0.39 is 0 Å². The fraction of sp³-hybridized carbons (Fsp3) is 0.818. The molecule has 1 aliphatic heterocycles. The van der Waals surface area contributed by atoms with Crippen LogP contribution in [0.5, 0.6) is 0 Å². The van der Waals surface area contributed by atoms with Gasteiger partial charge >= 0.3 is 0 Å². The standard InChI is InChI=1S/C11H20N2O2S2/c1-3-8(10(12)14)4-7(2)11(15)13-9-5-16-17-6-9/h7-9H,3-6H2,1-2H3,(H2,12,14)(H,13,15). The second-order valence-electron chi connectivity index (χ2n) is 4.42. The molecule has 6 heteroatoms. The van der Waals surface area contributed by atoms with Crippen LogP contribution in [0.1, 0.15) is 26.7 Å². The fourth-order valence-electron chi connectivity index (χ4n) is 1.75. The van der Waals surface area contributed by atoms with Gasteiger partial charge in [-0.25, -0.2) is 0 Å². The lowest BCUT2D eigenvalue weighted by molar-refractivity contribution is -0.126. The van der Waals surface area contributed by atoms with Gasteiger partial charge in [0.2, 0.25) is 11.8 Å². The molecular weight excluding hydrogens is 256 g/mol. The molecule has 3 N–H and O–H groups in total. The van der Waals surface area contributed by atoms with Gasteiger partial charge in [0.25, 0.3) is 0 Å². The molecule has 17 heavy (non-hydrogen) atoms. The van der Waals surface area contributed by atoms with Gasteiger partial charge in [0, 0.05) is 29.4 Å². The van der Waals surface area contributed by atoms with E-state index in [0.717, 1.165) is 11.5 Å². The van der Waals surface area contributed by atoms with Crippen molar-refractivity contribution in [1.29, 1.82) is 0 Å². The zero-order chi connectivity index (χ0) is 12.8. The lowest BCUT2D eigenvalue weighted by atomic mass is 9.92. The molecule has 0 aromatic rings. The SMILES string of the molecule is CCC(CC(C)C(=O)NC1CSSC1)C(N)=O. The second-order valence-corrected chi connectivity index (χ2v) is 6.97. The van der Waals surface area contributed by atoms with Crippen LogP contribution < -0.4 is 11.1 Å². The summed E-state index contributed by atoms with van der Waals surface area (Å²) in [6.45, 7) is 3.78. The van der Waals surface area contributed by atoms with Crippen molar-refractivity contribution < 1.29 is 9.59 Å². The van der Waals surface area contributed by atoms with Crippen LogP contribution in [0.4, 0.5) is 0 Å². The molecule has 1 saturated heterocycles. The first-order valence-corrected chi connectivity index (χ1v) is 8.37. The zero-order valence-corrected chi connectivity index (χ0v) is 11.9. The number of carbonyl (C=O) groups is 2. The quantitative estimate of drug-likeness (QED) is 0.719. The monoisotopic (exact) mass is 276 g/mol. The molecule has 0 aromatic heterocycles. The third-order valence-electron chi connectivity index (χ3n) is 2.95.